The minimum absolute atomic E-state index is 0.0142. The third kappa shape index (κ3) is 6.09. The Labute approximate surface area is 186 Å². The fourth-order valence-electron chi connectivity index (χ4n) is 3.36. The lowest BCUT2D eigenvalue weighted by atomic mass is 10.3. The molecule has 1 aromatic heterocycles. The molecule has 0 spiro atoms. The Hall–Kier alpha value is -2.89. The highest BCUT2D eigenvalue weighted by molar-refractivity contribution is 7.89. The van der Waals surface area contributed by atoms with Crippen molar-refractivity contribution in [1.29, 1.82) is 0 Å². The summed E-state index contributed by atoms with van der Waals surface area (Å²) in [5, 5.41) is 2.69. The molecule has 1 fully saturated rings. The number of nitrogens with one attached hydrogen (secondary N) is 1. The topological polar surface area (TPSA) is 103 Å². The molecule has 0 atom stereocenters. The van der Waals surface area contributed by atoms with Crippen LogP contribution in [0, 0.1) is 12.7 Å². The van der Waals surface area contributed by atoms with E-state index in [1.807, 2.05) is 13.0 Å². The molecule has 1 aliphatic heterocycles. The molecule has 1 aliphatic rings. The molecule has 1 aromatic carbocycles. The van der Waals surface area contributed by atoms with Gasteiger partial charge in [-0.15, -0.1) is 0 Å². The molecule has 2 heterocycles. The molecule has 172 valence electrons. The summed E-state index contributed by atoms with van der Waals surface area (Å²) < 4.78 is 39.7. The van der Waals surface area contributed by atoms with Crippen LogP contribution in [0.3, 0.4) is 0 Å². The Morgan fingerprint density at radius 3 is 2.34 bits per heavy atom. The van der Waals surface area contributed by atoms with Crippen LogP contribution >= 0.6 is 0 Å². The number of aromatic nitrogens is 1. The number of carbonyl (C=O) groups excluding carboxylic acids is 2. The highest BCUT2D eigenvalue weighted by atomic mass is 32.2. The number of pyridine rings is 1. The number of benzene rings is 1. The van der Waals surface area contributed by atoms with Crippen LogP contribution in [0.1, 0.15) is 5.69 Å². The number of hydrogen-bond donors (Lipinski definition) is 1. The number of rotatable bonds is 7. The monoisotopic (exact) mass is 463 g/mol. The number of anilines is 1. The van der Waals surface area contributed by atoms with Crippen molar-refractivity contribution in [3.05, 3.63) is 54.0 Å². The number of piperazine rings is 1. The molecule has 0 bridgehead atoms. The Kier molecular flexibility index (Phi) is 7.54. The van der Waals surface area contributed by atoms with Crippen molar-refractivity contribution in [1.82, 2.24) is 19.1 Å². The second-order valence-corrected chi connectivity index (χ2v) is 9.56. The third-order valence-electron chi connectivity index (χ3n) is 5.02. The van der Waals surface area contributed by atoms with Gasteiger partial charge < -0.3 is 10.2 Å². The molecule has 9 nitrogen and oxygen atoms in total. The molecular weight excluding hydrogens is 437 g/mol. The van der Waals surface area contributed by atoms with Crippen molar-refractivity contribution in [2.75, 3.05) is 51.6 Å². The van der Waals surface area contributed by atoms with Gasteiger partial charge in [0.15, 0.2) is 0 Å². The number of aryl methyl sites for hydroxylation is 1. The minimum atomic E-state index is -3.74. The maximum Gasteiger partial charge on any atom is 0.243 e. The van der Waals surface area contributed by atoms with E-state index in [0.717, 1.165) is 17.8 Å². The van der Waals surface area contributed by atoms with Crippen molar-refractivity contribution >= 4 is 27.7 Å². The first-order valence-electron chi connectivity index (χ1n) is 10.1. The average Bonchev–Trinajstić information content (AvgIpc) is 2.74. The van der Waals surface area contributed by atoms with Gasteiger partial charge in [0.05, 0.1) is 18.0 Å². The maximum absolute atomic E-state index is 13.1. The van der Waals surface area contributed by atoms with Gasteiger partial charge in [0.2, 0.25) is 21.8 Å². The van der Waals surface area contributed by atoms with Gasteiger partial charge in [0.25, 0.3) is 0 Å². The number of halogens is 1. The van der Waals surface area contributed by atoms with Crippen LogP contribution in [0.25, 0.3) is 0 Å². The lowest BCUT2D eigenvalue weighted by Crippen LogP contribution is -2.52. The number of likely N-dealkylation sites (N-methyl/N-ethyl adjacent to an activating group) is 1. The second-order valence-electron chi connectivity index (χ2n) is 7.62. The van der Waals surface area contributed by atoms with Crippen molar-refractivity contribution in [2.45, 2.75) is 11.8 Å². The lowest BCUT2D eigenvalue weighted by molar-refractivity contribution is -0.133. The molecule has 11 heteroatoms. The van der Waals surface area contributed by atoms with Crippen molar-refractivity contribution in [2.24, 2.45) is 0 Å². The van der Waals surface area contributed by atoms with Crippen LogP contribution in [-0.2, 0) is 19.6 Å². The largest absolute Gasteiger partial charge is 0.339 e. The quantitative estimate of drug-likeness (QED) is 0.656. The van der Waals surface area contributed by atoms with E-state index in [4.69, 9.17) is 0 Å². The van der Waals surface area contributed by atoms with Gasteiger partial charge in [0, 0.05) is 31.9 Å². The zero-order valence-corrected chi connectivity index (χ0v) is 18.8. The minimum Gasteiger partial charge on any atom is -0.339 e. The van der Waals surface area contributed by atoms with E-state index >= 15 is 0 Å². The van der Waals surface area contributed by atoms with Gasteiger partial charge in [-0.3, -0.25) is 14.5 Å². The highest BCUT2D eigenvalue weighted by Crippen LogP contribution is 2.18. The third-order valence-corrected chi connectivity index (χ3v) is 6.93. The second kappa shape index (κ2) is 10.2. The predicted molar refractivity (Wildman–Crippen MR) is 117 cm³/mol. The smallest absolute Gasteiger partial charge is 0.243 e. The average molecular weight is 464 g/mol. The summed E-state index contributed by atoms with van der Waals surface area (Å²) in [5.41, 5.74) is 0.784. The number of amides is 2. The summed E-state index contributed by atoms with van der Waals surface area (Å²) >= 11 is 0. The number of hydrogen-bond acceptors (Lipinski definition) is 6. The summed E-state index contributed by atoms with van der Waals surface area (Å²) in [7, 11) is -2.08. The maximum atomic E-state index is 13.1. The van der Waals surface area contributed by atoms with Gasteiger partial charge >= 0.3 is 0 Å². The van der Waals surface area contributed by atoms with E-state index in [-0.39, 0.29) is 56.0 Å². The SMILES string of the molecule is Cc1cccc(NC(=O)CN(C)CC(=O)N2CCN(S(=O)(=O)c3ccc(F)cc3)CC2)n1. The summed E-state index contributed by atoms with van der Waals surface area (Å²) in [6.07, 6.45) is 0. The normalized spacial score (nSPS) is 15.1. The van der Waals surface area contributed by atoms with E-state index in [9.17, 15) is 22.4 Å². The Bertz CT molecular complexity index is 1070. The molecule has 0 saturated carbocycles. The fraction of sp³-hybridized carbons (Fsp3) is 0.381. The lowest BCUT2D eigenvalue weighted by Gasteiger charge is -2.34. The van der Waals surface area contributed by atoms with Gasteiger partial charge in [-0.1, -0.05) is 6.07 Å². The van der Waals surface area contributed by atoms with Crippen LogP contribution in [0.15, 0.2) is 47.4 Å². The molecule has 2 amide bonds. The summed E-state index contributed by atoms with van der Waals surface area (Å²) in [4.78, 5) is 32.2. The van der Waals surface area contributed by atoms with E-state index in [1.54, 1.807) is 29.0 Å². The summed E-state index contributed by atoms with van der Waals surface area (Å²) in [6.45, 7) is 2.65. The van der Waals surface area contributed by atoms with Gasteiger partial charge in [-0.05, 0) is 50.4 Å². The predicted octanol–water partition coefficient (Wildman–Crippen LogP) is 0.933. The van der Waals surface area contributed by atoms with Crippen LogP contribution < -0.4 is 5.32 Å². The van der Waals surface area contributed by atoms with E-state index in [1.165, 1.54) is 16.4 Å². The summed E-state index contributed by atoms with van der Waals surface area (Å²) in [6, 6.07) is 9.98. The molecule has 1 saturated heterocycles. The summed E-state index contributed by atoms with van der Waals surface area (Å²) in [5.74, 6) is -0.526. The standard InChI is InChI=1S/C21H26FN5O4S/c1-16-4-3-5-19(23-16)24-20(28)14-25(2)15-21(29)26-10-12-27(13-11-26)32(30,31)18-8-6-17(22)7-9-18/h3-9H,10-15H2,1-2H3,(H,23,24,28). The van der Waals surface area contributed by atoms with Crippen LogP contribution in [0.2, 0.25) is 0 Å². The van der Waals surface area contributed by atoms with E-state index < -0.39 is 15.8 Å². The Morgan fingerprint density at radius 1 is 1.06 bits per heavy atom. The zero-order chi connectivity index (χ0) is 23.3. The van der Waals surface area contributed by atoms with Crippen molar-refractivity contribution in [3.8, 4) is 0 Å². The van der Waals surface area contributed by atoms with E-state index in [0.29, 0.717) is 5.82 Å². The molecule has 3 rings (SSSR count). The molecule has 0 unspecified atom stereocenters. The molecular formula is C21H26FN5O4S. The Morgan fingerprint density at radius 2 is 1.72 bits per heavy atom. The zero-order valence-electron chi connectivity index (χ0n) is 18.0. The molecule has 32 heavy (non-hydrogen) atoms. The molecule has 2 aromatic rings. The van der Waals surface area contributed by atoms with Crippen LogP contribution in [0.4, 0.5) is 10.2 Å². The number of sulfonamides is 1. The van der Waals surface area contributed by atoms with Gasteiger partial charge in [0.1, 0.15) is 11.6 Å². The van der Waals surface area contributed by atoms with Crippen molar-refractivity contribution < 1.29 is 22.4 Å². The first kappa shape index (κ1) is 23.8. The first-order chi connectivity index (χ1) is 15.1. The number of carbonyl (C=O) groups is 2. The van der Waals surface area contributed by atoms with Gasteiger partial charge in [-0.25, -0.2) is 17.8 Å². The molecule has 1 N–H and O–H groups in total. The molecule has 0 radical (unpaired) electrons. The highest BCUT2D eigenvalue weighted by Gasteiger charge is 2.30. The van der Waals surface area contributed by atoms with E-state index in [2.05, 4.69) is 10.3 Å². The van der Waals surface area contributed by atoms with Gasteiger partial charge in [-0.2, -0.15) is 4.31 Å². The Balaban J connectivity index is 1.47. The fourth-order valence-corrected chi connectivity index (χ4v) is 4.78. The number of nitrogens with zero attached hydrogens (tertiary/aromatic N) is 4. The van der Waals surface area contributed by atoms with Crippen LogP contribution in [0.5, 0.6) is 0 Å². The van der Waals surface area contributed by atoms with Crippen LogP contribution in [-0.4, -0.2) is 85.6 Å². The molecule has 0 aliphatic carbocycles. The van der Waals surface area contributed by atoms with Crippen molar-refractivity contribution in [3.63, 3.8) is 0 Å². The first-order valence-corrected chi connectivity index (χ1v) is 11.5.